The fraction of sp³-hybridized carbons (Fsp3) is 0.125. The third kappa shape index (κ3) is 4.58. The zero-order valence-corrected chi connectivity index (χ0v) is 17.3. The molecule has 5 heteroatoms. The van der Waals surface area contributed by atoms with E-state index in [4.69, 9.17) is 10.1 Å². The molecule has 0 saturated heterocycles. The first kappa shape index (κ1) is 19.0. The second kappa shape index (κ2) is 8.80. The van der Waals surface area contributed by atoms with E-state index in [1.54, 1.807) is 17.5 Å². The maximum absolute atomic E-state index is 4.91. The van der Waals surface area contributed by atoms with Crippen molar-refractivity contribution in [1.82, 2.24) is 9.66 Å². The molecule has 0 saturated carbocycles. The van der Waals surface area contributed by atoms with Crippen LogP contribution in [0.4, 0.5) is 0 Å². The topological polar surface area (TPSA) is 42.5 Å². The molecule has 0 aliphatic rings. The summed E-state index contributed by atoms with van der Waals surface area (Å²) < 4.78 is 1.95. The molecule has 2 aromatic heterocycles. The van der Waals surface area contributed by atoms with E-state index in [9.17, 15) is 0 Å². The van der Waals surface area contributed by atoms with Crippen molar-refractivity contribution in [2.75, 3.05) is 0 Å². The summed E-state index contributed by atoms with van der Waals surface area (Å²) in [5.41, 5.74) is 6.46. The summed E-state index contributed by atoms with van der Waals surface area (Å²) in [6.07, 6.45) is 3.60. The summed E-state index contributed by atoms with van der Waals surface area (Å²) in [5, 5.41) is 7.03. The summed E-state index contributed by atoms with van der Waals surface area (Å²) in [6.45, 7) is 4.72. The second-order valence-corrected chi connectivity index (χ2v) is 7.65. The van der Waals surface area contributed by atoms with Crippen molar-refractivity contribution in [2.45, 2.75) is 20.4 Å². The van der Waals surface area contributed by atoms with Crippen LogP contribution in [0.2, 0.25) is 0 Å². The highest BCUT2D eigenvalue weighted by molar-refractivity contribution is 7.07. The third-order valence-electron chi connectivity index (χ3n) is 4.60. The van der Waals surface area contributed by atoms with Gasteiger partial charge in [-0.2, -0.15) is 5.10 Å². The van der Waals surface area contributed by atoms with Crippen LogP contribution >= 0.6 is 11.3 Å². The van der Waals surface area contributed by atoms with Crippen molar-refractivity contribution in [3.05, 3.63) is 106 Å². The lowest BCUT2D eigenvalue weighted by Crippen LogP contribution is -2.14. The number of aryl methyl sites for hydroxylation is 1. The van der Waals surface area contributed by atoms with Crippen LogP contribution < -0.4 is 4.80 Å². The largest absolute Gasteiger partial charge is 0.264 e. The minimum absolute atomic E-state index is 0.621. The molecule has 2 aromatic carbocycles. The average Bonchev–Trinajstić information content (AvgIpc) is 3.16. The molecule has 4 rings (SSSR count). The molecule has 0 aliphatic heterocycles. The quantitative estimate of drug-likeness (QED) is 0.421. The van der Waals surface area contributed by atoms with Gasteiger partial charge in [0.2, 0.25) is 4.80 Å². The molecule has 144 valence electrons. The maximum Gasteiger partial charge on any atom is 0.206 e. The first-order valence-corrected chi connectivity index (χ1v) is 10.4. The second-order valence-electron chi connectivity index (χ2n) is 6.81. The van der Waals surface area contributed by atoms with Gasteiger partial charge in [0.05, 0.1) is 18.0 Å². The molecule has 0 radical (unpaired) electrons. The fourth-order valence-corrected chi connectivity index (χ4v) is 3.78. The Morgan fingerprint density at radius 1 is 1.00 bits per heavy atom. The maximum atomic E-state index is 4.91. The minimum atomic E-state index is 0.621. The van der Waals surface area contributed by atoms with Crippen molar-refractivity contribution in [2.24, 2.45) is 10.1 Å². The Labute approximate surface area is 174 Å². The molecule has 2 heterocycles. The lowest BCUT2D eigenvalue weighted by atomic mass is 10.1. The number of hydrogen-bond donors (Lipinski definition) is 0. The van der Waals surface area contributed by atoms with Gasteiger partial charge in [-0.15, -0.1) is 11.3 Å². The average molecular weight is 399 g/mol. The first-order chi connectivity index (χ1) is 14.2. The van der Waals surface area contributed by atoms with Crippen LogP contribution in [0.1, 0.15) is 23.6 Å². The van der Waals surface area contributed by atoms with E-state index in [1.807, 2.05) is 48.1 Å². The molecule has 0 fully saturated rings. The third-order valence-corrected chi connectivity index (χ3v) is 5.46. The van der Waals surface area contributed by atoms with Crippen molar-refractivity contribution >= 4 is 17.0 Å². The highest BCUT2D eigenvalue weighted by atomic mass is 32.1. The van der Waals surface area contributed by atoms with Gasteiger partial charge in [-0.1, -0.05) is 66.2 Å². The molecule has 0 spiro atoms. The predicted molar refractivity (Wildman–Crippen MR) is 120 cm³/mol. The van der Waals surface area contributed by atoms with Gasteiger partial charge in [0.25, 0.3) is 0 Å². The number of benzene rings is 2. The van der Waals surface area contributed by atoms with Gasteiger partial charge in [0, 0.05) is 28.9 Å². The zero-order chi connectivity index (χ0) is 20.1. The van der Waals surface area contributed by atoms with E-state index >= 15 is 0 Å². The molecule has 4 aromatic rings. The summed E-state index contributed by atoms with van der Waals surface area (Å²) in [4.78, 5) is 9.93. The zero-order valence-electron chi connectivity index (χ0n) is 16.5. The Bertz CT molecular complexity index is 1170. The molecule has 0 atom stereocenters. The smallest absolute Gasteiger partial charge is 0.206 e. The Kier molecular flexibility index (Phi) is 5.77. The van der Waals surface area contributed by atoms with Crippen LogP contribution in [-0.4, -0.2) is 15.4 Å². The molecular weight excluding hydrogens is 376 g/mol. The standard InChI is InChI=1S/C24H22N4S/c1-18-10-12-21(13-11-18)23-17-29-24(26-15-20-7-4-3-5-8-20)28(23)27-19(2)22-9-6-14-25-16-22/h3-14,16-17H,15H2,1-2H3. The van der Waals surface area contributed by atoms with Crippen molar-refractivity contribution in [3.8, 4) is 11.3 Å². The van der Waals surface area contributed by atoms with Crippen molar-refractivity contribution in [1.29, 1.82) is 0 Å². The van der Waals surface area contributed by atoms with Gasteiger partial charge < -0.3 is 0 Å². The number of thiazole rings is 1. The number of rotatable bonds is 5. The molecule has 0 N–H and O–H groups in total. The summed E-state index contributed by atoms with van der Waals surface area (Å²) >= 11 is 1.61. The highest BCUT2D eigenvalue weighted by Crippen LogP contribution is 2.21. The van der Waals surface area contributed by atoms with E-state index in [1.165, 1.54) is 11.1 Å². The van der Waals surface area contributed by atoms with Crippen LogP contribution in [-0.2, 0) is 6.54 Å². The number of pyridine rings is 1. The SMILES string of the molecule is CC(=Nn1c(-c2ccc(C)cc2)csc1=NCc1ccccc1)c1cccnc1. The lowest BCUT2D eigenvalue weighted by molar-refractivity contribution is 0.819. The van der Waals surface area contributed by atoms with Gasteiger partial charge in [0.15, 0.2) is 0 Å². The van der Waals surface area contributed by atoms with Gasteiger partial charge in [-0.05, 0) is 25.5 Å². The number of nitrogens with zero attached hydrogens (tertiary/aromatic N) is 4. The molecule has 4 nitrogen and oxygen atoms in total. The molecular formula is C24H22N4S. The first-order valence-electron chi connectivity index (χ1n) is 9.49. The van der Waals surface area contributed by atoms with Gasteiger partial charge in [-0.3, -0.25) is 9.98 Å². The molecule has 0 amide bonds. The molecule has 0 bridgehead atoms. The molecule has 0 aliphatic carbocycles. The van der Waals surface area contributed by atoms with E-state index in [-0.39, 0.29) is 0 Å². The van der Waals surface area contributed by atoms with Crippen molar-refractivity contribution in [3.63, 3.8) is 0 Å². The van der Waals surface area contributed by atoms with E-state index in [0.29, 0.717) is 6.54 Å². The number of hydrogen-bond acceptors (Lipinski definition) is 4. The predicted octanol–water partition coefficient (Wildman–Crippen LogP) is 5.29. The van der Waals surface area contributed by atoms with E-state index in [0.717, 1.165) is 27.3 Å². The Morgan fingerprint density at radius 2 is 1.79 bits per heavy atom. The summed E-state index contributed by atoms with van der Waals surface area (Å²) in [7, 11) is 0. The van der Waals surface area contributed by atoms with Gasteiger partial charge >= 0.3 is 0 Å². The van der Waals surface area contributed by atoms with Gasteiger partial charge in [-0.25, -0.2) is 4.68 Å². The minimum Gasteiger partial charge on any atom is -0.264 e. The van der Waals surface area contributed by atoms with Gasteiger partial charge in [0.1, 0.15) is 0 Å². The molecule has 29 heavy (non-hydrogen) atoms. The number of aromatic nitrogens is 2. The van der Waals surface area contributed by atoms with Crippen LogP contribution in [0.25, 0.3) is 11.3 Å². The van der Waals surface area contributed by atoms with Crippen molar-refractivity contribution < 1.29 is 0 Å². The molecule has 0 unspecified atom stereocenters. The highest BCUT2D eigenvalue weighted by Gasteiger charge is 2.09. The van der Waals surface area contributed by atoms with E-state index < -0.39 is 0 Å². The summed E-state index contributed by atoms with van der Waals surface area (Å²) in [6, 6.07) is 22.7. The normalized spacial score (nSPS) is 12.3. The van der Waals surface area contributed by atoms with Crippen LogP contribution in [0.5, 0.6) is 0 Å². The van der Waals surface area contributed by atoms with Crippen LogP contribution in [0, 0.1) is 6.92 Å². The Morgan fingerprint density at radius 3 is 2.52 bits per heavy atom. The monoisotopic (exact) mass is 398 g/mol. The Balaban J connectivity index is 1.80. The Hall–Kier alpha value is -3.31. The fourth-order valence-electron chi connectivity index (χ4n) is 2.95. The lowest BCUT2D eigenvalue weighted by Gasteiger charge is -2.07. The summed E-state index contributed by atoms with van der Waals surface area (Å²) in [5.74, 6) is 0. The van der Waals surface area contributed by atoms with Crippen LogP contribution in [0.15, 0.2) is 94.6 Å². The van der Waals surface area contributed by atoms with Crippen LogP contribution in [0.3, 0.4) is 0 Å². The van der Waals surface area contributed by atoms with E-state index in [2.05, 4.69) is 53.7 Å².